The standard InChI is InChI=1S/C18H21N3O2S/c22-18(6-5-17-2-1-9-24-17)20-10-15-7-8-19-21(15)12-16(11-20)23-13-14-3-4-14/h1-2,5-9,14,16H,3-4,10-13H2/b6-5+/t16-/m0/s1. The van der Waals surface area contributed by atoms with Crippen molar-refractivity contribution in [1.29, 1.82) is 0 Å². The molecule has 1 atom stereocenters. The van der Waals surface area contributed by atoms with Crippen LogP contribution in [0.3, 0.4) is 0 Å². The third-order valence-corrected chi connectivity index (χ3v) is 5.31. The summed E-state index contributed by atoms with van der Waals surface area (Å²) in [7, 11) is 0. The van der Waals surface area contributed by atoms with Crippen molar-refractivity contribution in [3.05, 3.63) is 46.4 Å². The molecule has 1 fully saturated rings. The van der Waals surface area contributed by atoms with Crippen molar-refractivity contribution in [3.8, 4) is 0 Å². The quantitative estimate of drug-likeness (QED) is 0.785. The number of rotatable bonds is 5. The number of nitrogens with zero attached hydrogens (tertiary/aromatic N) is 3. The third-order valence-electron chi connectivity index (χ3n) is 4.47. The maximum atomic E-state index is 12.6. The number of amides is 1. The largest absolute Gasteiger partial charge is 0.374 e. The molecule has 0 spiro atoms. The van der Waals surface area contributed by atoms with Crippen LogP contribution < -0.4 is 0 Å². The minimum Gasteiger partial charge on any atom is -0.374 e. The molecule has 1 saturated carbocycles. The van der Waals surface area contributed by atoms with Crippen LogP contribution in [0.15, 0.2) is 35.9 Å². The molecule has 24 heavy (non-hydrogen) atoms. The van der Waals surface area contributed by atoms with Crippen molar-refractivity contribution in [2.45, 2.75) is 32.0 Å². The number of hydrogen-bond acceptors (Lipinski definition) is 4. The van der Waals surface area contributed by atoms with Crippen LogP contribution in [0.5, 0.6) is 0 Å². The lowest BCUT2D eigenvalue weighted by Gasteiger charge is -2.23. The molecule has 2 aromatic heterocycles. The number of hydrogen-bond donors (Lipinski definition) is 0. The molecule has 0 N–H and O–H groups in total. The molecule has 0 aromatic carbocycles. The summed E-state index contributed by atoms with van der Waals surface area (Å²) in [6.45, 7) is 2.71. The zero-order valence-electron chi connectivity index (χ0n) is 13.5. The highest BCUT2D eigenvalue weighted by atomic mass is 32.1. The fourth-order valence-electron chi connectivity index (χ4n) is 2.89. The summed E-state index contributed by atoms with van der Waals surface area (Å²) in [5.74, 6) is 0.742. The summed E-state index contributed by atoms with van der Waals surface area (Å²) in [4.78, 5) is 15.6. The Morgan fingerprint density at radius 3 is 3.08 bits per heavy atom. The molecule has 5 nitrogen and oxygen atoms in total. The predicted octanol–water partition coefficient (Wildman–Crippen LogP) is 2.80. The summed E-state index contributed by atoms with van der Waals surface area (Å²) in [5, 5.41) is 6.38. The molecule has 1 amide bonds. The van der Waals surface area contributed by atoms with Crippen molar-refractivity contribution in [2.75, 3.05) is 13.2 Å². The topological polar surface area (TPSA) is 47.4 Å². The molecule has 1 aliphatic heterocycles. The molecule has 0 unspecified atom stereocenters. The summed E-state index contributed by atoms with van der Waals surface area (Å²) >= 11 is 1.63. The van der Waals surface area contributed by atoms with Crippen LogP contribution in [-0.4, -0.2) is 39.8 Å². The van der Waals surface area contributed by atoms with Crippen molar-refractivity contribution >= 4 is 23.3 Å². The number of fused-ring (bicyclic) bond motifs is 1. The highest BCUT2D eigenvalue weighted by molar-refractivity contribution is 7.10. The molecule has 2 aromatic rings. The van der Waals surface area contributed by atoms with E-state index in [9.17, 15) is 4.79 Å². The van der Waals surface area contributed by atoms with Gasteiger partial charge in [-0.3, -0.25) is 9.48 Å². The summed E-state index contributed by atoms with van der Waals surface area (Å²) in [6, 6.07) is 5.97. The van der Waals surface area contributed by atoms with Crippen LogP contribution in [0, 0.1) is 5.92 Å². The van der Waals surface area contributed by atoms with Crippen molar-refractivity contribution in [2.24, 2.45) is 5.92 Å². The average Bonchev–Trinajstić information content (AvgIpc) is 3.14. The van der Waals surface area contributed by atoms with Crippen molar-refractivity contribution < 1.29 is 9.53 Å². The third kappa shape index (κ3) is 3.76. The normalized spacial score (nSPS) is 21.0. The Balaban J connectivity index is 1.46. The average molecular weight is 343 g/mol. The smallest absolute Gasteiger partial charge is 0.247 e. The van der Waals surface area contributed by atoms with Crippen LogP contribution in [0.1, 0.15) is 23.4 Å². The second-order valence-electron chi connectivity index (χ2n) is 6.47. The molecule has 1 aliphatic carbocycles. The van der Waals surface area contributed by atoms with Crippen molar-refractivity contribution in [1.82, 2.24) is 14.7 Å². The lowest BCUT2D eigenvalue weighted by atomic mass is 10.3. The van der Waals surface area contributed by atoms with Gasteiger partial charge in [-0.25, -0.2) is 0 Å². The van der Waals surface area contributed by atoms with Gasteiger partial charge in [0.1, 0.15) is 0 Å². The van der Waals surface area contributed by atoms with Crippen LogP contribution in [0.2, 0.25) is 0 Å². The van der Waals surface area contributed by atoms with Gasteiger partial charge >= 0.3 is 0 Å². The van der Waals surface area contributed by atoms with Gasteiger partial charge in [0.15, 0.2) is 0 Å². The van der Waals surface area contributed by atoms with Gasteiger partial charge in [0.2, 0.25) is 5.91 Å². The Morgan fingerprint density at radius 2 is 2.29 bits per heavy atom. The number of carbonyl (C=O) groups is 1. The van der Waals surface area contributed by atoms with E-state index in [2.05, 4.69) is 5.10 Å². The van der Waals surface area contributed by atoms with E-state index < -0.39 is 0 Å². The molecule has 126 valence electrons. The minimum absolute atomic E-state index is 0.00541. The SMILES string of the molecule is O=C(/C=C/c1cccs1)N1Cc2ccnn2C[C@@H](OCC2CC2)C1. The summed E-state index contributed by atoms with van der Waals surface area (Å²) in [5.41, 5.74) is 1.06. The van der Waals surface area contributed by atoms with E-state index in [1.54, 1.807) is 23.6 Å². The molecule has 0 bridgehead atoms. The molecule has 4 rings (SSSR count). The first-order chi connectivity index (χ1) is 11.8. The molecule has 0 radical (unpaired) electrons. The first-order valence-electron chi connectivity index (χ1n) is 8.41. The molecule has 3 heterocycles. The van der Waals surface area contributed by atoms with E-state index in [0.29, 0.717) is 25.6 Å². The fourth-order valence-corrected chi connectivity index (χ4v) is 3.51. The fraction of sp³-hybridized carbons (Fsp3) is 0.444. The van der Waals surface area contributed by atoms with Gasteiger partial charge in [-0.1, -0.05) is 6.07 Å². The van der Waals surface area contributed by atoms with Crippen molar-refractivity contribution in [3.63, 3.8) is 0 Å². The second-order valence-corrected chi connectivity index (χ2v) is 7.45. The van der Waals surface area contributed by atoms with E-state index in [4.69, 9.17) is 4.74 Å². The summed E-state index contributed by atoms with van der Waals surface area (Å²) in [6.07, 6.45) is 7.89. The maximum absolute atomic E-state index is 12.6. The van der Waals surface area contributed by atoms with Gasteiger partial charge in [-0.05, 0) is 42.3 Å². The molecule has 6 heteroatoms. The Morgan fingerprint density at radius 1 is 1.38 bits per heavy atom. The summed E-state index contributed by atoms with van der Waals surface area (Å²) < 4.78 is 8.03. The number of carbonyl (C=O) groups excluding carboxylic acids is 1. The second kappa shape index (κ2) is 6.91. The molecular formula is C18H21N3O2S. The number of ether oxygens (including phenoxy) is 1. The first kappa shape index (κ1) is 15.6. The first-order valence-corrected chi connectivity index (χ1v) is 9.28. The number of thiophene rings is 1. The zero-order chi connectivity index (χ0) is 16.4. The highest BCUT2D eigenvalue weighted by Gasteiger charge is 2.28. The van der Waals surface area contributed by atoms with E-state index in [1.165, 1.54) is 12.8 Å². The Bertz CT molecular complexity index is 718. The Hall–Kier alpha value is -1.92. The van der Waals surface area contributed by atoms with Gasteiger partial charge in [0, 0.05) is 30.3 Å². The van der Waals surface area contributed by atoms with Gasteiger partial charge in [0.25, 0.3) is 0 Å². The van der Waals surface area contributed by atoms with E-state index in [1.807, 2.05) is 39.2 Å². The van der Waals surface area contributed by atoms with Gasteiger partial charge in [-0.2, -0.15) is 5.10 Å². The van der Waals surface area contributed by atoms with E-state index in [-0.39, 0.29) is 12.0 Å². The predicted molar refractivity (Wildman–Crippen MR) is 93.5 cm³/mol. The molecular weight excluding hydrogens is 322 g/mol. The highest BCUT2D eigenvalue weighted by Crippen LogP contribution is 2.29. The van der Waals surface area contributed by atoms with Crippen LogP contribution >= 0.6 is 11.3 Å². The van der Waals surface area contributed by atoms with Gasteiger partial charge in [-0.15, -0.1) is 11.3 Å². The minimum atomic E-state index is 0.00541. The van der Waals surface area contributed by atoms with E-state index in [0.717, 1.165) is 17.2 Å². The van der Waals surface area contributed by atoms with Crippen LogP contribution in [0.4, 0.5) is 0 Å². The molecule has 2 aliphatic rings. The monoisotopic (exact) mass is 343 g/mol. The van der Waals surface area contributed by atoms with E-state index >= 15 is 0 Å². The lowest BCUT2D eigenvalue weighted by molar-refractivity contribution is -0.128. The zero-order valence-corrected chi connectivity index (χ0v) is 14.3. The van der Waals surface area contributed by atoms with Gasteiger partial charge < -0.3 is 9.64 Å². The molecule has 0 saturated heterocycles. The number of aromatic nitrogens is 2. The Labute approximate surface area is 145 Å². The van der Waals surface area contributed by atoms with Crippen LogP contribution in [0.25, 0.3) is 6.08 Å². The maximum Gasteiger partial charge on any atom is 0.247 e. The Kier molecular flexibility index (Phi) is 4.49. The van der Waals surface area contributed by atoms with Crippen LogP contribution in [-0.2, 0) is 22.6 Å². The van der Waals surface area contributed by atoms with Gasteiger partial charge in [0.05, 0.1) is 24.9 Å². The lowest BCUT2D eigenvalue weighted by Crippen LogP contribution is -2.36.